The molecular weight excluding hydrogens is 232 g/mol. The highest BCUT2D eigenvalue weighted by Crippen LogP contribution is 2.53. The van der Waals surface area contributed by atoms with Crippen molar-refractivity contribution >= 4 is 23.0 Å². The van der Waals surface area contributed by atoms with Gasteiger partial charge in [0.15, 0.2) is 5.78 Å². The van der Waals surface area contributed by atoms with Crippen molar-refractivity contribution in [1.82, 2.24) is 0 Å². The van der Waals surface area contributed by atoms with Crippen molar-refractivity contribution in [1.29, 1.82) is 0 Å². The highest BCUT2D eigenvalue weighted by molar-refractivity contribution is 6.33. The fraction of sp³-hybridized carbons (Fsp3) is 0.267. The maximum absolute atomic E-state index is 11.6. The number of fused-ring (bicyclic) bond motifs is 3. The van der Waals surface area contributed by atoms with Crippen LogP contribution in [-0.2, 0) is 11.2 Å². The van der Waals surface area contributed by atoms with Gasteiger partial charge in [0, 0.05) is 17.0 Å². The molecule has 2 aliphatic rings. The van der Waals surface area contributed by atoms with Gasteiger partial charge in [0.1, 0.15) is 0 Å². The van der Waals surface area contributed by atoms with Gasteiger partial charge in [-0.25, -0.2) is 0 Å². The van der Waals surface area contributed by atoms with Crippen molar-refractivity contribution in [2.75, 3.05) is 0 Å². The van der Waals surface area contributed by atoms with Gasteiger partial charge in [-0.2, -0.15) is 0 Å². The molecule has 1 aromatic rings. The molecule has 1 atom stereocenters. The van der Waals surface area contributed by atoms with Crippen LogP contribution in [0.1, 0.15) is 24.0 Å². The molecule has 0 N–H and O–H groups in total. The monoisotopic (exact) mass is 242 g/mol. The van der Waals surface area contributed by atoms with Crippen LogP contribution in [0.3, 0.4) is 0 Å². The maximum Gasteiger partial charge on any atom is 0.156 e. The van der Waals surface area contributed by atoms with E-state index >= 15 is 0 Å². The Morgan fingerprint density at radius 2 is 2.24 bits per heavy atom. The van der Waals surface area contributed by atoms with Crippen LogP contribution in [0.25, 0.3) is 5.57 Å². The number of terminal acetylenes is 1. The van der Waals surface area contributed by atoms with Gasteiger partial charge in [0.05, 0.1) is 5.41 Å². The molecule has 3 rings (SSSR count). The molecule has 1 unspecified atom stereocenters. The fourth-order valence-corrected chi connectivity index (χ4v) is 3.18. The van der Waals surface area contributed by atoms with Crippen molar-refractivity contribution in [3.63, 3.8) is 0 Å². The zero-order chi connectivity index (χ0) is 12.0. The summed E-state index contributed by atoms with van der Waals surface area (Å²) in [5, 5.41) is 0.695. The van der Waals surface area contributed by atoms with Crippen LogP contribution in [-0.4, -0.2) is 5.78 Å². The van der Waals surface area contributed by atoms with Crippen LogP contribution in [0.4, 0.5) is 0 Å². The minimum atomic E-state index is -0.304. The molecule has 0 amide bonds. The Morgan fingerprint density at radius 1 is 1.41 bits per heavy atom. The highest BCUT2D eigenvalue weighted by Gasteiger charge is 2.43. The van der Waals surface area contributed by atoms with E-state index in [4.69, 9.17) is 18.0 Å². The minimum absolute atomic E-state index is 0.152. The molecular formula is C15H11ClO. The van der Waals surface area contributed by atoms with Crippen LogP contribution in [0.15, 0.2) is 24.3 Å². The van der Waals surface area contributed by atoms with Crippen molar-refractivity contribution < 1.29 is 4.79 Å². The molecule has 17 heavy (non-hydrogen) atoms. The Balaban J connectivity index is 2.29. The molecule has 0 fully saturated rings. The van der Waals surface area contributed by atoms with Crippen LogP contribution in [0.2, 0.25) is 5.02 Å². The van der Waals surface area contributed by atoms with Gasteiger partial charge in [-0.1, -0.05) is 29.7 Å². The average Bonchev–Trinajstić information content (AvgIpc) is 2.65. The zero-order valence-corrected chi connectivity index (χ0v) is 10.1. The first-order valence-electron chi connectivity index (χ1n) is 5.67. The predicted molar refractivity (Wildman–Crippen MR) is 68.6 cm³/mol. The van der Waals surface area contributed by atoms with Gasteiger partial charge < -0.3 is 0 Å². The molecule has 0 saturated heterocycles. The lowest BCUT2D eigenvalue weighted by Crippen LogP contribution is -2.23. The summed E-state index contributed by atoms with van der Waals surface area (Å²) in [7, 11) is 0. The number of ketones is 1. The predicted octanol–water partition coefficient (Wildman–Crippen LogP) is 3.26. The summed E-state index contributed by atoms with van der Waals surface area (Å²) in [6.07, 6.45) is 9.48. The number of carbonyl (C=O) groups is 1. The molecule has 84 valence electrons. The van der Waals surface area contributed by atoms with E-state index in [1.54, 1.807) is 6.08 Å². The second kappa shape index (κ2) is 3.48. The van der Waals surface area contributed by atoms with Crippen LogP contribution in [0, 0.1) is 17.8 Å². The molecule has 1 nitrogen and oxygen atoms in total. The first kappa shape index (κ1) is 10.6. The summed E-state index contributed by atoms with van der Waals surface area (Å²) in [4.78, 5) is 11.6. The fourth-order valence-electron chi connectivity index (χ4n) is 2.88. The topological polar surface area (TPSA) is 17.1 Å². The summed E-state index contributed by atoms with van der Waals surface area (Å²) in [6, 6.07) is 5.84. The lowest BCUT2D eigenvalue weighted by Gasteiger charge is -2.28. The lowest BCUT2D eigenvalue weighted by atomic mass is 9.73. The van der Waals surface area contributed by atoms with Crippen molar-refractivity contribution in [2.24, 2.45) is 5.41 Å². The number of halogens is 1. The Labute approximate surface area is 105 Å². The molecule has 0 saturated carbocycles. The third-order valence-electron chi connectivity index (χ3n) is 3.76. The standard InChI is InChI=1S/C15H11ClO/c1-2-15-7-6-11(17)8-12(15)14-10(9-15)4-3-5-13(14)16/h1,3-5,8H,6-7,9H2. The van der Waals surface area contributed by atoms with E-state index in [1.807, 2.05) is 18.2 Å². The smallest absolute Gasteiger partial charge is 0.156 e. The van der Waals surface area contributed by atoms with E-state index in [0.717, 1.165) is 29.5 Å². The van der Waals surface area contributed by atoms with Gasteiger partial charge in [-0.15, -0.1) is 6.42 Å². The first-order chi connectivity index (χ1) is 8.16. The molecule has 0 aromatic heterocycles. The summed E-state index contributed by atoms with van der Waals surface area (Å²) >= 11 is 6.24. The van der Waals surface area contributed by atoms with E-state index in [-0.39, 0.29) is 11.2 Å². The second-order valence-electron chi connectivity index (χ2n) is 4.70. The third-order valence-corrected chi connectivity index (χ3v) is 4.07. The Kier molecular flexibility index (Phi) is 2.18. The van der Waals surface area contributed by atoms with Gasteiger partial charge >= 0.3 is 0 Å². The van der Waals surface area contributed by atoms with Gasteiger partial charge in [-0.3, -0.25) is 4.79 Å². The summed E-state index contributed by atoms with van der Waals surface area (Å²) < 4.78 is 0. The normalized spacial score (nSPS) is 25.9. The molecule has 0 aliphatic heterocycles. The lowest BCUT2D eigenvalue weighted by molar-refractivity contribution is -0.115. The minimum Gasteiger partial charge on any atom is -0.295 e. The Hall–Kier alpha value is -1.52. The van der Waals surface area contributed by atoms with Gasteiger partial charge in [0.2, 0.25) is 0 Å². The quantitative estimate of drug-likeness (QED) is 0.639. The van der Waals surface area contributed by atoms with Crippen molar-refractivity contribution in [3.05, 3.63) is 40.4 Å². The number of carbonyl (C=O) groups excluding carboxylic acids is 1. The summed E-state index contributed by atoms with van der Waals surface area (Å²) in [6.45, 7) is 0. The molecule has 0 bridgehead atoms. The number of hydrogen-bond donors (Lipinski definition) is 0. The molecule has 2 heteroatoms. The van der Waals surface area contributed by atoms with E-state index in [9.17, 15) is 4.79 Å². The zero-order valence-electron chi connectivity index (χ0n) is 9.29. The Morgan fingerprint density at radius 3 is 3.00 bits per heavy atom. The molecule has 0 spiro atoms. The van der Waals surface area contributed by atoms with Crippen LogP contribution < -0.4 is 0 Å². The molecule has 0 heterocycles. The average molecular weight is 243 g/mol. The van der Waals surface area contributed by atoms with Crippen LogP contribution >= 0.6 is 11.6 Å². The number of allylic oxidation sites excluding steroid dienone is 2. The SMILES string of the molecule is C#CC12CCC(=O)C=C1c1c(Cl)cccc1C2. The van der Waals surface area contributed by atoms with E-state index in [1.165, 1.54) is 0 Å². The summed E-state index contributed by atoms with van der Waals surface area (Å²) in [5.41, 5.74) is 2.80. The highest BCUT2D eigenvalue weighted by atomic mass is 35.5. The first-order valence-corrected chi connectivity index (χ1v) is 6.05. The number of benzene rings is 1. The van der Waals surface area contributed by atoms with Crippen molar-refractivity contribution in [3.8, 4) is 12.3 Å². The van der Waals surface area contributed by atoms with E-state index in [0.29, 0.717) is 11.4 Å². The van der Waals surface area contributed by atoms with Gasteiger partial charge in [0.25, 0.3) is 0 Å². The van der Waals surface area contributed by atoms with Crippen molar-refractivity contribution in [2.45, 2.75) is 19.3 Å². The maximum atomic E-state index is 11.6. The molecule has 2 aliphatic carbocycles. The largest absolute Gasteiger partial charge is 0.295 e. The number of hydrogen-bond acceptors (Lipinski definition) is 1. The second-order valence-corrected chi connectivity index (χ2v) is 5.11. The van der Waals surface area contributed by atoms with E-state index < -0.39 is 0 Å². The number of rotatable bonds is 0. The molecule has 0 radical (unpaired) electrons. The van der Waals surface area contributed by atoms with Gasteiger partial charge in [-0.05, 0) is 36.1 Å². The third kappa shape index (κ3) is 1.38. The Bertz CT molecular complexity index is 591. The van der Waals surface area contributed by atoms with E-state index in [2.05, 4.69) is 5.92 Å². The van der Waals surface area contributed by atoms with Crippen LogP contribution in [0.5, 0.6) is 0 Å². The molecule has 1 aromatic carbocycles. The summed E-state index contributed by atoms with van der Waals surface area (Å²) in [5.74, 6) is 3.05.